The Morgan fingerprint density at radius 3 is 2.49 bits per heavy atom. The monoisotopic (exact) mass is 495 g/mol. The molecular formula is C31H33N3O3. The van der Waals surface area contributed by atoms with Crippen LogP contribution in [0.4, 0.5) is 0 Å². The highest BCUT2D eigenvalue weighted by Gasteiger charge is 2.35. The summed E-state index contributed by atoms with van der Waals surface area (Å²) in [7, 11) is 0. The van der Waals surface area contributed by atoms with Gasteiger partial charge in [0.15, 0.2) is 11.5 Å². The molecule has 1 saturated heterocycles. The van der Waals surface area contributed by atoms with Crippen LogP contribution in [0.2, 0.25) is 0 Å². The summed E-state index contributed by atoms with van der Waals surface area (Å²) in [5, 5.41) is 6.59. The van der Waals surface area contributed by atoms with Crippen LogP contribution in [0.1, 0.15) is 47.6 Å². The fourth-order valence-corrected chi connectivity index (χ4v) is 5.60. The molecule has 0 radical (unpaired) electrons. The van der Waals surface area contributed by atoms with E-state index >= 15 is 0 Å². The molecule has 3 aliphatic heterocycles. The van der Waals surface area contributed by atoms with Crippen molar-refractivity contribution < 1.29 is 14.3 Å². The quantitative estimate of drug-likeness (QED) is 0.462. The van der Waals surface area contributed by atoms with Gasteiger partial charge in [-0.25, -0.2) is 5.01 Å². The van der Waals surface area contributed by atoms with Crippen molar-refractivity contribution in [2.45, 2.75) is 38.6 Å². The second kappa shape index (κ2) is 10.4. The average molecular weight is 496 g/mol. The van der Waals surface area contributed by atoms with Crippen LogP contribution in [-0.4, -0.2) is 48.0 Å². The molecule has 3 aliphatic rings. The number of rotatable bonds is 6. The number of hydrogen-bond acceptors (Lipinski definition) is 5. The number of likely N-dealkylation sites (tertiary alicyclic amines) is 1. The van der Waals surface area contributed by atoms with Crippen molar-refractivity contribution >= 4 is 11.6 Å². The Labute approximate surface area is 218 Å². The number of hydrazone groups is 1. The molecule has 0 aromatic heterocycles. The number of aryl methyl sites for hydroxylation is 1. The molecule has 0 N–H and O–H groups in total. The Kier molecular flexibility index (Phi) is 6.66. The van der Waals surface area contributed by atoms with Crippen LogP contribution in [0.3, 0.4) is 0 Å². The van der Waals surface area contributed by atoms with E-state index in [1.165, 1.54) is 11.1 Å². The third-order valence-electron chi connectivity index (χ3n) is 7.77. The van der Waals surface area contributed by atoms with E-state index in [-0.39, 0.29) is 18.7 Å². The van der Waals surface area contributed by atoms with Crippen molar-refractivity contribution in [3.63, 3.8) is 0 Å². The second-order valence-corrected chi connectivity index (χ2v) is 10.4. The minimum Gasteiger partial charge on any atom is -0.454 e. The second-order valence-electron chi connectivity index (χ2n) is 10.4. The molecule has 1 atom stereocenters. The van der Waals surface area contributed by atoms with Crippen molar-refractivity contribution in [3.8, 4) is 11.5 Å². The van der Waals surface area contributed by atoms with E-state index in [0.717, 1.165) is 60.7 Å². The van der Waals surface area contributed by atoms with Crippen molar-refractivity contribution in [1.82, 2.24) is 9.91 Å². The topological polar surface area (TPSA) is 54.4 Å². The van der Waals surface area contributed by atoms with Gasteiger partial charge in [0.2, 0.25) is 6.79 Å². The highest BCUT2D eigenvalue weighted by atomic mass is 16.7. The number of piperidine rings is 1. The van der Waals surface area contributed by atoms with E-state index in [4.69, 9.17) is 14.6 Å². The predicted molar refractivity (Wildman–Crippen MR) is 144 cm³/mol. The average Bonchev–Trinajstić information content (AvgIpc) is 3.58. The Bertz CT molecular complexity index is 1280. The van der Waals surface area contributed by atoms with Crippen LogP contribution in [0.15, 0.2) is 77.9 Å². The summed E-state index contributed by atoms with van der Waals surface area (Å²) in [6.07, 6.45) is 4.02. The predicted octanol–water partition coefficient (Wildman–Crippen LogP) is 5.36. The zero-order chi connectivity index (χ0) is 25.2. The summed E-state index contributed by atoms with van der Waals surface area (Å²) in [5.41, 5.74) is 5.63. The van der Waals surface area contributed by atoms with Gasteiger partial charge in [-0.1, -0.05) is 66.2 Å². The summed E-state index contributed by atoms with van der Waals surface area (Å²) in [4.78, 5) is 15.9. The maximum absolute atomic E-state index is 13.7. The third-order valence-corrected chi connectivity index (χ3v) is 7.77. The fourth-order valence-electron chi connectivity index (χ4n) is 5.60. The van der Waals surface area contributed by atoms with Gasteiger partial charge < -0.3 is 9.47 Å². The van der Waals surface area contributed by atoms with Gasteiger partial charge >= 0.3 is 0 Å². The first-order valence-corrected chi connectivity index (χ1v) is 13.2. The smallest absolute Gasteiger partial charge is 0.257 e. The normalized spacial score (nSPS) is 19.8. The summed E-state index contributed by atoms with van der Waals surface area (Å²) < 4.78 is 11.1. The van der Waals surface area contributed by atoms with E-state index < -0.39 is 0 Å². The maximum Gasteiger partial charge on any atom is 0.257 e. The standard InChI is InChI=1S/C31H33N3O3/c1-22-7-9-25(10-8-22)27-19-28(26-11-12-29-30(18-26)37-21-36-29)34(32-27)31(35)20-33-15-13-24(14-16-33)17-23-5-3-2-4-6-23/h2-12,18,24,28H,13-17,19-21H2,1H3/t28-/m0/s1. The van der Waals surface area contributed by atoms with Crippen molar-refractivity contribution in [1.29, 1.82) is 0 Å². The maximum atomic E-state index is 13.7. The van der Waals surface area contributed by atoms with E-state index in [2.05, 4.69) is 66.4 Å². The molecule has 0 aliphatic carbocycles. The lowest BCUT2D eigenvalue weighted by Crippen LogP contribution is -2.42. The molecule has 3 heterocycles. The van der Waals surface area contributed by atoms with Crippen LogP contribution < -0.4 is 9.47 Å². The Morgan fingerprint density at radius 2 is 1.70 bits per heavy atom. The van der Waals surface area contributed by atoms with E-state index in [9.17, 15) is 4.79 Å². The van der Waals surface area contributed by atoms with Crippen LogP contribution in [0, 0.1) is 12.8 Å². The first-order chi connectivity index (χ1) is 18.1. The van der Waals surface area contributed by atoms with Crippen molar-refractivity contribution in [2.24, 2.45) is 11.0 Å². The van der Waals surface area contributed by atoms with Gasteiger partial charge in [0.05, 0.1) is 18.3 Å². The number of ether oxygens (including phenoxy) is 2. The Morgan fingerprint density at radius 1 is 0.946 bits per heavy atom. The molecule has 6 rings (SSSR count). The molecule has 6 heteroatoms. The number of carbonyl (C=O) groups is 1. The Hall–Kier alpha value is -3.64. The van der Waals surface area contributed by atoms with E-state index in [1.54, 1.807) is 5.01 Å². The third kappa shape index (κ3) is 5.25. The van der Waals surface area contributed by atoms with Gasteiger partial charge in [-0.3, -0.25) is 9.69 Å². The minimum absolute atomic E-state index is 0.0475. The SMILES string of the molecule is Cc1ccc(C2=NN(C(=O)CN3CCC(Cc4ccccc4)CC3)[C@H](c3ccc4c(c3)OCO4)C2)cc1. The molecule has 1 fully saturated rings. The van der Waals surface area contributed by atoms with E-state index in [0.29, 0.717) is 18.9 Å². The molecule has 6 nitrogen and oxygen atoms in total. The first kappa shape index (κ1) is 23.7. The molecule has 0 unspecified atom stereocenters. The first-order valence-electron chi connectivity index (χ1n) is 13.2. The van der Waals surface area contributed by atoms with Crippen molar-refractivity contribution in [2.75, 3.05) is 26.4 Å². The molecule has 37 heavy (non-hydrogen) atoms. The van der Waals surface area contributed by atoms with Gasteiger partial charge in [0, 0.05) is 6.42 Å². The van der Waals surface area contributed by atoms with Gasteiger partial charge in [0.1, 0.15) is 0 Å². The summed E-state index contributed by atoms with van der Waals surface area (Å²) in [6.45, 7) is 4.59. The Balaban J connectivity index is 1.16. The highest BCUT2D eigenvalue weighted by molar-refractivity contribution is 6.03. The summed E-state index contributed by atoms with van der Waals surface area (Å²) >= 11 is 0. The molecule has 0 bridgehead atoms. The van der Waals surface area contributed by atoms with Gasteiger partial charge in [-0.15, -0.1) is 0 Å². The molecule has 1 amide bonds. The lowest BCUT2D eigenvalue weighted by molar-refractivity contribution is -0.134. The van der Waals surface area contributed by atoms with Crippen LogP contribution in [0.25, 0.3) is 0 Å². The van der Waals surface area contributed by atoms with Gasteiger partial charge in [0.25, 0.3) is 5.91 Å². The molecular weight excluding hydrogens is 462 g/mol. The summed E-state index contributed by atoms with van der Waals surface area (Å²) in [5.74, 6) is 2.20. The largest absolute Gasteiger partial charge is 0.454 e. The minimum atomic E-state index is -0.158. The van der Waals surface area contributed by atoms with Crippen LogP contribution >= 0.6 is 0 Å². The highest BCUT2D eigenvalue weighted by Crippen LogP contribution is 2.39. The zero-order valence-electron chi connectivity index (χ0n) is 21.3. The molecule has 3 aromatic carbocycles. The van der Waals surface area contributed by atoms with Gasteiger partial charge in [-0.2, -0.15) is 5.10 Å². The van der Waals surface area contributed by atoms with Crippen molar-refractivity contribution in [3.05, 3.63) is 95.1 Å². The number of fused-ring (bicyclic) bond motifs is 1. The fraction of sp³-hybridized carbons (Fsp3) is 0.355. The molecule has 0 spiro atoms. The number of benzene rings is 3. The van der Waals surface area contributed by atoms with Crippen LogP contribution in [-0.2, 0) is 11.2 Å². The number of hydrogen-bond donors (Lipinski definition) is 0. The van der Waals surface area contributed by atoms with E-state index in [1.807, 2.05) is 18.2 Å². The molecule has 0 saturated carbocycles. The lowest BCUT2D eigenvalue weighted by Gasteiger charge is -2.33. The molecule has 3 aromatic rings. The van der Waals surface area contributed by atoms with Gasteiger partial charge in [-0.05, 0) is 74.0 Å². The number of amides is 1. The lowest BCUT2D eigenvalue weighted by atomic mass is 9.90. The van der Waals surface area contributed by atoms with Crippen LogP contribution in [0.5, 0.6) is 11.5 Å². The summed E-state index contributed by atoms with van der Waals surface area (Å²) in [6, 6.07) is 24.9. The number of nitrogens with zero attached hydrogens (tertiary/aromatic N) is 3. The number of carbonyl (C=O) groups excluding carboxylic acids is 1. The molecule has 190 valence electrons. The zero-order valence-corrected chi connectivity index (χ0v) is 21.3.